The molecule has 0 bridgehead atoms. The van der Waals surface area contributed by atoms with Gasteiger partial charge in [-0.2, -0.15) is 0 Å². The van der Waals surface area contributed by atoms with Crippen molar-refractivity contribution >= 4 is 17.8 Å². The monoisotopic (exact) mass is 277 g/mol. The van der Waals surface area contributed by atoms with E-state index >= 15 is 0 Å². The minimum atomic E-state index is -0.907. The summed E-state index contributed by atoms with van der Waals surface area (Å²) in [6.45, 7) is 0.425. The lowest BCUT2D eigenvalue weighted by atomic mass is 10.1. The summed E-state index contributed by atoms with van der Waals surface area (Å²) < 4.78 is 5.45. The molecule has 1 aromatic carbocycles. The third kappa shape index (κ3) is 3.57. The van der Waals surface area contributed by atoms with Crippen LogP contribution >= 0.6 is 0 Å². The van der Waals surface area contributed by atoms with Crippen LogP contribution in [0.4, 0.5) is 0 Å². The molecule has 1 aliphatic rings. The Morgan fingerprint density at radius 1 is 1.25 bits per heavy atom. The summed E-state index contributed by atoms with van der Waals surface area (Å²) in [5.74, 6) is -0.713. The first-order chi connectivity index (χ1) is 9.56. The number of rotatable bonds is 6. The third-order valence-electron chi connectivity index (χ3n) is 2.99. The van der Waals surface area contributed by atoms with Gasteiger partial charge in [-0.15, -0.1) is 0 Å². The van der Waals surface area contributed by atoms with E-state index in [0.29, 0.717) is 11.3 Å². The Labute approximate surface area is 115 Å². The number of imide groups is 1. The Bertz CT molecular complexity index is 524. The van der Waals surface area contributed by atoms with Gasteiger partial charge in [-0.1, -0.05) is 12.1 Å². The standard InChI is InChI=1S/C14H15NO5/c16-12-4-5-13(17)15(12)6-7-20-11-3-1-2-10(8-11)9-14(18)19/h1-3,8H,4-7,9H2,(H,18,19). The summed E-state index contributed by atoms with van der Waals surface area (Å²) >= 11 is 0. The van der Waals surface area contributed by atoms with Gasteiger partial charge in [0.15, 0.2) is 0 Å². The van der Waals surface area contributed by atoms with Crippen molar-refractivity contribution < 1.29 is 24.2 Å². The van der Waals surface area contributed by atoms with E-state index < -0.39 is 5.97 Å². The van der Waals surface area contributed by atoms with Gasteiger partial charge in [0.25, 0.3) is 0 Å². The summed E-state index contributed by atoms with van der Waals surface area (Å²) in [5.41, 5.74) is 0.642. The highest BCUT2D eigenvalue weighted by Gasteiger charge is 2.28. The number of hydrogen-bond donors (Lipinski definition) is 1. The van der Waals surface area contributed by atoms with Crippen molar-refractivity contribution in [1.29, 1.82) is 0 Å². The normalized spacial score (nSPS) is 14.7. The Kier molecular flexibility index (Phi) is 4.34. The topological polar surface area (TPSA) is 83.9 Å². The van der Waals surface area contributed by atoms with Crippen LogP contribution < -0.4 is 4.74 Å². The van der Waals surface area contributed by atoms with E-state index in [2.05, 4.69) is 0 Å². The fraction of sp³-hybridized carbons (Fsp3) is 0.357. The molecule has 0 unspecified atom stereocenters. The minimum Gasteiger partial charge on any atom is -0.492 e. The molecule has 6 heteroatoms. The lowest BCUT2D eigenvalue weighted by Gasteiger charge is -2.14. The number of nitrogens with zero attached hydrogens (tertiary/aromatic N) is 1. The number of hydrogen-bond acceptors (Lipinski definition) is 4. The van der Waals surface area contributed by atoms with Crippen LogP contribution in [0, 0.1) is 0 Å². The molecule has 20 heavy (non-hydrogen) atoms. The summed E-state index contributed by atoms with van der Waals surface area (Å²) in [7, 11) is 0. The van der Waals surface area contributed by atoms with Crippen molar-refractivity contribution in [3.05, 3.63) is 29.8 Å². The fourth-order valence-electron chi connectivity index (χ4n) is 2.05. The average molecular weight is 277 g/mol. The molecule has 0 radical (unpaired) electrons. The van der Waals surface area contributed by atoms with Gasteiger partial charge in [-0.3, -0.25) is 19.3 Å². The molecule has 2 amide bonds. The molecule has 1 N–H and O–H groups in total. The number of aliphatic carboxylic acids is 1. The molecular formula is C14H15NO5. The summed E-state index contributed by atoms with van der Waals surface area (Å²) in [6, 6.07) is 6.76. The summed E-state index contributed by atoms with van der Waals surface area (Å²) in [6.07, 6.45) is 0.472. The molecule has 1 aromatic rings. The van der Waals surface area contributed by atoms with Gasteiger partial charge in [-0.25, -0.2) is 0 Å². The van der Waals surface area contributed by atoms with Crippen LogP contribution in [0.3, 0.4) is 0 Å². The average Bonchev–Trinajstić information content (AvgIpc) is 2.70. The maximum Gasteiger partial charge on any atom is 0.307 e. The van der Waals surface area contributed by atoms with Crippen LogP contribution in [-0.4, -0.2) is 40.9 Å². The van der Waals surface area contributed by atoms with Crippen LogP contribution in [0.2, 0.25) is 0 Å². The Balaban J connectivity index is 1.86. The van der Waals surface area contributed by atoms with E-state index in [4.69, 9.17) is 9.84 Å². The molecule has 0 aliphatic carbocycles. The summed E-state index contributed by atoms with van der Waals surface area (Å²) in [5, 5.41) is 8.71. The molecule has 106 valence electrons. The van der Waals surface area contributed by atoms with Crippen molar-refractivity contribution in [3.8, 4) is 5.75 Å². The lowest BCUT2D eigenvalue weighted by Crippen LogP contribution is -2.33. The van der Waals surface area contributed by atoms with Crippen molar-refractivity contribution in [1.82, 2.24) is 4.90 Å². The molecular weight excluding hydrogens is 262 g/mol. The van der Waals surface area contributed by atoms with Gasteiger partial charge in [0.2, 0.25) is 11.8 Å². The molecule has 0 saturated carbocycles. The number of carboxylic acids is 1. The Hall–Kier alpha value is -2.37. The number of ether oxygens (including phenoxy) is 1. The van der Waals surface area contributed by atoms with E-state index in [1.54, 1.807) is 24.3 Å². The highest BCUT2D eigenvalue weighted by molar-refractivity contribution is 6.01. The molecule has 1 heterocycles. The first kappa shape index (κ1) is 14.0. The third-order valence-corrected chi connectivity index (χ3v) is 2.99. The zero-order chi connectivity index (χ0) is 14.5. The molecule has 0 atom stereocenters. The van der Waals surface area contributed by atoms with Gasteiger partial charge in [-0.05, 0) is 17.7 Å². The second-order valence-corrected chi connectivity index (χ2v) is 4.51. The summed E-state index contributed by atoms with van der Waals surface area (Å²) in [4.78, 5) is 34.6. The molecule has 0 spiro atoms. The van der Waals surface area contributed by atoms with Crippen molar-refractivity contribution in [2.24, 2.45) is 0 Å². The lowest BCUT2D eigenvalue weighted by molar-refractivity contribution is -0.139. The van der Waals surface area contributed by atoms with Crippen LogP contribution in [-0.2, 0) is 20.8 Å². The van der Waals surface area contributed by atoms with E-state index in [-0.39, 0.29) is 44.2 Å². The molecule has 1 fully saturated rings. The number of carbonyl (C=O) groups is 3. The zero-order valence-corrected chi connectivity index (χ0v) is 10.9. The second kappa shape index (κ2) is 6.18. The van der Waals surface area contributed by atoms with Crippen molar-refractivity contribution in [2.45, 2.75) is 19.3 Å². The highest BCUT2D eigenvalue weighted by atomic mass is 16.5. The van der Waals surface area contributed by atoms with Gasteiger partial charge in [0.05, 0.1) is 13.0 Å². The number of likely N-dealkylation sites (tertiary alicyclic amines) is 1. The van der Waals surface area contributed by atoms with E-state index in [9.17, 15) is 14.4 Å². The molecule has 0 aromatic heterocycles. The molecule has 1 aliphatic heterocycles. The maximum absolute atomic E-state index is 11.4. The largest absolute Gasteiger partial charge is 0.492 e. The predicted molar refractivity (Wildman–Crippen MR) is 69.2 cm³/mol. The Morgan fingerprint density at radius 2 is 1.95 bits per heavy atom. The smallest absolute Gasteiger partial charge is 0.307 e. The number of benzene rings is 1. The van der Waals surface area contributed by atoms with Gasteiger partial charge < -0.3 is 9.84 Å². The van der Waals surface area contributed by atoms with Crippen LogP contribution in [0.25, 0.3) is 0 Å². The SMILES string of the molecule is O=C(O)Cc1cccc(OCCN2C(=O)CCC2=O)c1. The number of amides is 2. The highest BCUT2D eigenvalue weighted by Crippen LogP contribution is 2.15. The van der Waals surface area contributed by atoms with Crippen molar-refractivity contribution in [3.63, 3.8) is 0 Å². The van der Waals surface area contributed by atoms with E-state index in [0.717, 1.165) is 0 Å². The van der Waals surface area contributed by atoms with Crippen molar-refractivity contribution in [2.75, 3.05) is 13.2 Å². The minimum absolute atomic E-state index is 0.0691. The van der Waals surface area contributed by atoms with Crippen LogP contribution in [0.5, 0.6) is 5.75 Å². The first-order valence-electron chi connectivity index (χ1n) is 6.33. The van der Waals surface area contributed by atoms with Gasteiger partial charge >= 0.3 is 5.97 Å². The molecule has 6 nitrogen and oxygen atoms in total. The number of carboxylic acid groups (broad SMARTS) is 1. The molecule has 2 rings (SSSR count). The number of carbonyl (C=O) groups excluding carboxylic acids is 2. The van der Waals surface area contributed by atoms with Crippen LogP contribution in [0.15, 0.2) is 24.3 Å². The van der Waals surface area contributed by atoms with E-state index in [1.165, 1.54) is 4.90 Å². The maximum atomic E-state index is 11.4. The second-order valence-electron chi connectivity index (χ2n) is 4.51. The van der Waals surface area contributed by atoms with Gasteiger partial charge in [0, 0.05) is 12.8 Å². The predicted octanol–water partition coefficient (Wildman–Crippen LogP) is 0.842. The Morgan fingerprint density at radius 3 is 2.60 bits per heavy atom. The van der Waals surface area contributed by atoms with Gasteiger partial charge in [0.1, 0.15) is 12.4 Å². The molecule has 1 saturated heterocycles. The zero-order valence-electron chi connectivity index (χ0n) is 10.9. The first-order valence-corrected chi connectivity index (χ1v) is 6.33. The van der Waals surface area contributed by atoms with Crippen LogP contribution in [0.1, 0.15) is 18.4 Å². The quantitative estimate of drug-likeness (QED) is 0.779. The fourth-order valence-corrected chi connectivity index (χ4v) is 2.05. The van der Waals surface area contributed by atoms with E-state index in [1.807, 2.05) is 0 Å².